The predicted molar refractivity (Wildman–Crippen MR) is 115 cm³/mol. The second-order valence-electron chi connectivity index (χ2n) is 7.50. The molecular weight excluding hydrogens is 418 g/mol. The molecular formula is C21H25N5O4S. The van der Waals surface area contributed by atoms with Crippen LogP contribution in [0.3, 0.4) is 0 Å². The van der Waals surface area contributed by atoms with Gasteiger partial charge in [-0.15, -0.1) is 0 Å². The van der Waals surface area contributed by atoms with Crippen LogP contribution in [0, 0.1) is 0 Å². The largest absolute Gasteiger partial charge is 0.353 e. The minimum atomic E-state index is -3.88. The van der Waals surface area contributed by atoms with Crippen LogP contribution in [0.1, 0.15) is 6.42 Å². The number of aromatic nitrogens is 1. The van der Waals surface area contributed by atoms with Gasteiger partial charge in [0.05, 0.1) is 11.3 Å². The molecule has 3 heterocycles. The van der Waals surface area contributed by atoms with Crippen LogP contribution in [0.2, 0.25) is 0 Å². The molecule has 2 fully saturated rings. The van der Waals surface area contributed by atoms with Crippen molar-refractivity contribution < 1.29 is 18.0 Å². The lowest BCUT2D eigenvalue weighted by Crippen LogP contribution is -2.59. The van der Waals surface area contributed by atoms with Gasteiger partial charge in [0.25, 0.3) is 0 Å². The maximum atomic E-state index is 13.1. The van der Waals surface area contributed by atoms with E-state index in [0.717, 1.165) is 10.1 Å². The summed E-state index contributed by atoms with van der Waals surface area (Å²) in [6.45, 7) is 2.61. The van der Waals surface area contributed by atoms with Gasteiger partial charge in [0, 0.05) is 45.5 Å². The highest BCUT2D eigenvalue weighted by atomic mass is 32.2. The van der Waals surface area contributed by atoms with Crippen molar-refractivity contribution in [3.05, 3.63) is 54.7 Å². The Morgan fingerprint density at radius 1 is 1.00 bits per heavy atom. The van der Waals surface area contributed by atoms with Gasteiger partial charge in [0.2, 0.25) is 21.8 Å². The summed E-state index contributed by atoms with van der Waals surface area (Å²) in [5.41, 5.74) is 0. The number of nitrogens with zero attached hydrogens (tertiary/aromatic N) is 4. The van der Waals surface area contributed by atoms with Crippen molar-refractivity contribution in [3.8, 4) is 0 Å². The Morgan fingerprint density at radius 2 is 1.71 bits per heavy atom. The van der Waals surface area contributed by atoms with E-state index in [-0.39, 0.29) is 30.3 Å². The van der Waals surface area contributed by atoms with Crippen LogP contribution in [-0.2, 0) is 19.6 Å². The molecule has 0 saturated carbocycles. The molecule has 1 atom stereocenters. The molecule has 0 bridgehead atoms. The summed E-state index contributed by atoms with van der Waals surface area (Å²) < 4.78 is 27.4. The third kappa shape index (κ3) is 4.54. The maximum absolute atomic E-state index is 13.1. The average Bonchev–Trinajstić information content (AvgIpc) is 2.81. The van der Waals surface area contributed by atoms with Gasteiger partial charge in [-0.25, -0.2) is 13.4 Å². The Bertz CT molecular complexity index is 1020. The molecule has 0 spiro atoms. The lowest BCUT2D eigenvalue weighted by molar-refractivity contribution is -0.137. The molecule has 164 valence electrons. The number of piperazine rings is 2. The first kappa shape index (κ1) is 21.3. The van der Waals surface area contributed by atoms with Gasteiger partial charge < -0.3 is 15.1 Å². The summed E-state index contributed by atoms with van der Waals surface area (Å²) >= 11 is 0. The highest BCUT2D eigenvalue weighted by molar-refractivity contribution is 7.89. The first-order valence-electron chi connectivity index (χ1n) is 10.3. The van der Waals surface area contributed by atoms with E-state index in [9.17, 15) is 18.0 Å². The fourth-order valence-corrected chi connectivity index (χ4v) is 5.53. The Kier molecular flexibility index (Phi) is 6.19. The van der Waals surface area contributed by atoms with Crippen molar-refractivity contribution in [3.63, 3.8) is 0 Å². The zero-order chi connectivity index (χ0) is 21.8. The average molecular weight is 444 g/mol. The van der Waals surface area contributed by atoms with Crippen LogP contribution in [0.25, 0.3) is 0 Å². The summed E-state index contributed by atoms with van der Waals surface area (Å²) in [6, 6.07) is 12.6. The van der Waals surface area contributed by atoms with E-state index in [1.54, 1.807) is 29.3 Å². The van der Waals surface area contributed by atoms with E-state index < -0.39 is 22.0 Å². The molecule has 31 heavy (non-hydrogen) atoms. The molecule has 1 unspecified atom stereocenters. The predicted octanol–water partition coefficient (Wildman–Crippen LogP) is 0.310. The smallest absolute Gasteiger partial charge is 0.243 e. The minimum absolute atomic E-state index is 0.117. The standard InChI is InChI=1S/C21H25N5O4S/c27-20(25-14-12-24(13-15-25)19-8-4-5-9-22-19)16-18-21(28)23-10-11-26(18)31(29,30)17-6-2-1-3-7-17/h1-9,18H,10-16H2,(H,23,28). The Balaban J connectivity index is 1.44. The molecule has 2 aromatic rings. The summed E-state index contributed by atoms with van der Waals surface area (Å²) in [5.74, 6) is 0.198. The van der Waals surface area contributed by atoms with Crippen molar-refractivity contribution in [2.45, 2.75) is 17.4 Å². The minimum Gasteiger partial charge on any atom is -0.353 e. The van der Waals surface area contributed by atoms with Crippen molar-refractivity contribution >= 4 is 27.7 Å². The van der Waals surface area contributed by atoms with Gasteiger partial charge in [0.1, 0.15) is 11.9 Å². The molecule has 2 saturated heterocycles. The van der Waals surface area contributed by atoms with Gasteiger partial charge in [-0.05, 0) is 24.3 Å². The number of sulfonamides is 1. The van der Waals surface area contributed by atoms with Gasteiger partial charge in [-0.1, -0.05) is 24.3 Å². The number of carbonyl (C=O) groups excluding carboxylic acids is 2. The fourth-order valence-electron chi connectivity index (χ4n) is 3.92. The van der Waals surface area contributed by atoms with Gasteiger partial charge >= 0.3 is 0 Å². The maximum Gasteiger partial charge on any atom is 0.243 e. The van der Waals surface area contributed by atoms with Gasteiger partial charge in [0.15, 0.2) is 0 Å². The number of rotatable bonds is 5. The van der Waals surface area contributed by atoms with Crippen molar-refractivity contribution in [2.24, 2.45) is 0 Å². The lowest BCUT2D eigenvalue weighted by atomic mass is 10.1. The number of carbonyl (C=O) groups is 2. The SMILES string of the molecule is O=C1NCCN(S(=O)(=O)c2ccccc2)C1CC(=O)N1CCN(c2ccccn2)CC1. The molecule has 1 aromatic heterocycles. The van der Waals surface area contributed by atoms with Crippen molar-refractivity contribution in [2.75, 3.05) is 44.2 Å². The molecule has 2 amide bonds. The van der Waals surface area contributed by atoms with Crippen LogP contribution >= 0.6 is 0 Å². The topological polar surface area (TPSA) is 103 Å². The molecule has 1 aromatic carbocycles. The first-order chi connectivity index (χ1) is 15.0. The zero-order valence-electron chi connectivity index (χ0n) is 17.1. The monoisotopic (exact) mass is 443 g/mol. The quantitative estimate of drug-likeness (QED) is 0.714. The molecule has 4 rings (SSSR count). The van der Waals surface area contributed by atoms with Crippen molar-refractivity contribution in [1.82, 2.24) is 19.5 Å². The van der Waals surface area contributed by atoms with Gasteiger partial charge in [-0.3, -0.25) is 9.59 Å². The molecule has 2 aliphatic heterocycles. The number of amides is 2. The van der Waals surface area contributed by atoms with E-state index in [4.69, 9.17) is 0 Å². The van der Waals surface area contributed by atoms with Crippen LogP contribution in [-0.4, -0.2) is 79.7 Å². The van der Waals surface area contributed by atoms with Crippen molar-refractivity contribution in [1.29, 1.82) is 0 Å². The summed E-state index contributed by atoms with van der Waals surface area (Å²) in [4.78, 5) is 33.7. The van der Waals surface area contributed by atoms with E-state index in [1.807, 2.05) is 18.2 Å². The number of benzene rings is 1. The molecule has 10 heteroatoms. The number of pyridine rings is 1. The molecule has 0 aliphatic carbocycles. The second-order valence-corrected chi connectivity index (χ2v) is 9.39. The summed E-state index contributed by atoms with van der Waals surface area (Å²) in [5, 5.41) is 2.69. The van der Waals surface area contributed by atoms with Crippen LogP contribution in [0.15, 0.2) is 59.6 Å². The van der Waals surface area contributed by atoms with E-state index in [2.05, 4.69) is 15.2 Å². The third-order valence-electron chi connectivity index (χ3n) is 5.61. The molecule has 1 N–H and O–H groups in total. The van der Waals surface area contributed by atoms with E-state index in [1.165, 1.54) is 12.1 Å². The van der Waals surface area contributed by atoms with Crippen LogP contribution in [0.5, 0.6) is 0 Å². The van der Waals surface area contributed by atoms with E-state index in [0.29, 0.717) is 26.2 Å². The summed E-state index contributed by atoms with van der Waals surface area (Å²) in [6.07, 6.45) is 1.55. The Labute approximate surface area is 181 Å². The van der Waals surface area contributed by atoms with E-state index >= 15 is 0 Å². The normalized spacial score (nSPS) is 20.4. The Morgan fingerprint density at radius 3 is 2.39 bits per heavy atom. The molecule has 9 nitrogen and oxygen atoms in total. The second kappa shape index (κ2) is 9.03. The first-order valence-corrected chi connectivity index (χ1v) is 11.7. The van der Waals surface area contributed by atoms with Crippen LogP contribution < -0.4 is 10.2 Å². The van der Waals surface area contributed by atoms with Crippen LogP contribution in [0.4, 0.5) is 5.82 Å². The Hall–Kier alpha value is -2.98. The number of nitrogens with one attached hydrogen (secondary N) is 1. The third-order valence-corrected chi connectivity index (χ3v) is 7.53. The molecule has 0 radical (unpaired) electrons. The fraction of sp³-hybridized carbons (Fsp3) is 0.381. The molecule has 2 aliphatic rings. The number of hydrogen-bond acceptors (Lipinski definition) is 6. The zero-order valence-corrected chi connectivity index (χ0v) is 17.9. The highest BCUT2D eigenvalue weighted by Crippen LogP contribution is 2.22. The van der Waals surface area contributed by atoms with Gasteiger partial charge in [-0.2, -0.15) is 4.31 Å². The summed E-state index contributed by atoms with van der Waals surface area (Å²) in [7, 11) is -3.88. The lowest BCUT2D eigenvalue weighted by Gasteiger charge is -2.38. The number of hydrogen-bond donors (Lipinski definition) is 1. The highest BCUT2D eigenvalue weighted by Gasteiger charge is 2.40. The number of anilines is 1.